The average molecular weight is 1160 g/mol. The highest BCUT2D eigenvalue weighted by molar-refractivity contribution is 6.12. The fraction of sp³-hybridized carbons (Fsp3) is 0.431. The number of imide groups is 1. The lowest BCUT2D eigenvalue weighted by Crippen LogP contribution is -2.53. The summed E-state index contributed by atoms with van der Waals surface area (Å²) in [5.74, 6) is -8.44. The average Bonchev–Trinajstić information content (AvgIpc) is 1.75. The highest BCUT2D eigenvalue weighted by atomic mass is 19.1. The van der Waals surface area contributed by atoms with Gasteiger partial charge in [0.05, 0.1) is 61.1 Å². The molecule has 2 aromatic carbocycles. The van der Waals surface area contributed by atoms with Gasteiger partial charge in [-0.05, 0) is 73.8 Å². The van der Waals surface area contributed by atoms with Crippen molar-refractivity contribution in [1.29, 1.82) is 0 Å². The van der Waals surface area contributed by atoms with Crippen LogP contribution in [0, 0.1) is 12.7 Å². The molecule has 0 unspecified atom stereocenters. The van der Waals surface area contributed by atoms with E-state index in [1.54, 1.807) is 50.2 Å². The van der Waals surface area contributed by atoms with Crippen molar-refractivity contribution in [2.24, 2.45) is 0 Å². The largest absolute Gasteiger partial charge is 0.481 e. The van der Waals surface area contributed by atoms with Crippen molar-refractivity contribution in [2.45, 2.75) is 121 Å². The zero-order valence-electron chi connectivity index (χ0n) is 46.5. The van der Waals surface area contributed by atoms with Crippen LogP contribution in [0.4, 0.5) is 4.39 Å². The van der Waals surface area contributed by atoms with E-state index in [1.165, 1.54) is 29.8 Å². The summed E-state index contributed by atoms with van der Waals surface area (Å²) < 4.78 is 22.1. The summed E-state index contributed by atoms with van der Waals surface area (Å²) in [6.07, 6.45) is 3.55. The van der Waals surface area contributed by atoms with Gasteiger partial charge in [0.2, 0.25) is 41.4 Å². The molecule has 444 valence electrons. The van der Waals surface area contributed by atoms with Crippen LogP contribution in [0.3, 0.4) is 0 Å². The number of rotatable bonds is 26. The molecule has 9 amide bonds. The Labute approximate surface area is 480 Å². The molecule has 8 rings (SSSR count). The van der Waals surface area contributed by atoms with Gasteiger partial charge in [-0.1, -0.05) is 43.7 Å². The van der Waals surface area contributed by atoms with E-state index >= 15 is 4.39 Å². The zero-order chi connectivity index (χ0) is 60.6. The van der Waals surface area contributed by atoms with E-state index < -0.39 is 120 Å². The Balaban J connectivity index is 0.802. The highest BCUT2D eigenvalue weighted by Gasteiger charge is 2.46. The van der Waals surface area contributed by atoms with Crippen LogP contribution in [0.15, 0.2) is 59.4 Å². The Morgan fingerprint density at radius 3 is 2.25 bits per heavy atom. The lowest BCUT2D eigenvalue weighted by molar-refractivity contribution is -0.172. The van der Waals surface area contributed by atoms with Crippen LogP contribution in [0.25, 0.3) is 22.3 Å². The maximum Gasteiger partial charge on any atom is 0.343 e. The van der Waals surface area contributed by atoms with E-state index in [0.717, 1.165) is 15.4 Å². The first-order valence-corrected chi connectivity index (χ1v) is 27.6. The number of ether oxygens (including phenoxy) is 1. The van der Waals surface area contributed by atoms with E-state index in [4.69, 9.17) is 9.72 Å². The van der Waals surface area contributed by atoms with Gasteiger partial charge in [-0.3, -0.25) is 57.6 Å². The number of aryl methyl sites for hydroxylation is 1. The molecule has 25 nitrogen and oxygen atoms in total. The topological polar surface area (TPSA) is 351 Å². The van der Waals surface area contributed by atoms with E-state index in [9.17, 15) is 67.7 Å². The monoisotopic (exact) mass is 1160 g/mol. The van der Waals surface area contributed by atoms with Crippen LogP contribution in [0.2, 0.25) is 0 Å². The van der Waals surface area contributed by atoms with Crippen LogP contribution in [-0.2, 0) is 89.1 Å². The molecule has 3 aliphatic heterocycles. The number of carboxylic acid groups (broad SMARTS) is 1. The molecule has 5 heterocycles. The number of benzene rings is 2. The minimum absolute atomic E-state index is 0.0134. The fourth-order valence-corrected chi connectivity index (χ4v) is 10.9. The third-order valence-electron chi connectivity index (χ3n) is 15.4. The lowest BCUT2D eigenvalue weighted by Gasteiger charge is -2.31. The molecule has 0 fully saturated rings. The number of fused-ring (bicyclic) bond motifs is 5. The number of unbranched alkanes of at least 4 members (excludes halogenated alkanes) is 2. The Morgan fingerprint density at radius 1 is 0.833 bits per heavy atom. The molecule has 26 heteroatoms. The van der Waals surface area contributed by atoms with Crippen molar-refractivity contribution in [3.8, 4) is 11.4 Å². The van der Waals surface area contributed by atoms with Crippen LogP contribution in [-0.4, -0.2) is 147 Å². The minimum Gasteiger partial charge on any atom is -0.481 e. The SMILES string of the molecule is CC[C@@]1(O)C(=O)OCc2c1cc1n(c2=O)Cc2c-1nc1cc(F)c(C)c3c1c2[C@@H](NC(=O)CCCNC(=O)CNC(=O)[C@H](Cc1ccccc1)NC(=O)CNC(=O)CN(C)C(=O)[C@H](CC(=O)O)NC(=O)CCCCCN1C(=O)C=CC1=O)CC3. The summed E-state index contributed by atoms with van der Waals surface area (Å²) >= 11 is 0. The summed E-state index contributed by atoms with van der Waals surface area (Å²) in [6, 6.07) is 8.19. The smallest absolute Gasteiger partial charge is 0.343 e. The molecule has 0 saturated heterocycles. The number of hydrogen-bond acceptors (Lipinski definition) is 15. The third-order valence-corrected chi connectivity index (χ3v) is 15.4. The first-order valence-electron chi connectivity index (χ1n) is 27.6. The predicted octanol–water partition coefficient (Wildman–Crippen LogP) is 0.390. The van der Waals surface area contributed by atoms with Gasteiger partial charge in [-0.15, -0.1) is 0 Å². The first-order chi connectivity index (χ1) is 40.1. The van der Waals surface area contributed by atoms with E-state index in [0.29, 0.717) is 76.6 Å². The number of carbonyl (C=O) groups excluding carboxylic acids is 10. The third kappa shape index (κ3) is 13.7. The van der Waals surface area contributed by atoms with Gasteiger partial charge in [-0.2, -0.15) is 0 Å². The molecule has 2 aromatic heterocycles. The molecule has 0 spiro atoms. The summed E-state index contributed by atoms with van der Waals surface area (Å²) in [7, 11) is 1.20. The van der Waals surface area contributed by atoms with Crippen LogP contribution < -0.4 is 37.5 Å². The number of aromatic nitrogens is 2. The normalized spacial score (nSPS) is 17.0. The van der Waals surface area contributed by atoms with Crippen molar-refractivity contribution in [3.05, 3.63) is 110 Å². The molecule has 0 radical (unpaired) electrons. The summed E-state index contributed by atoms with van der Waals surface area (Å²) in [5.41, 5.74) is 1.90. The summed E-state index contributed by atoms with van der Waals surface area (Å²) in [5, 5.41) is 37.0. The quantitative estimate of drug-likeness (QED) is 0.0211. The second-order valence-electron chi connectivity index (χ2n) is 21.1. The number of likely N-dealkylation sites (N-methyl/N-ethyl adjacent to an activating group) is 1. The number of amides is 9. The van der Waals surface area contributed by atoms with Crippen molar-refractivity contribution in [2.75, 3.05) is 39.8 Å². The number of pyridine rings is 2. The number of aliphatic carboxylic acids is 1. The molecule has 0 bridgehead atoms. The molecule has 1 aliphatic carbocycles. The van der Waals surface area contributed by atoms with Crippen molar-refractivity contribution in [3.63, 3.8) is 0 Å². The van der Waals surface area contributed by atoms with Gasteiger partial charge >= 0.3 is 11.9 Å². The van der Waals surface area contributed by atoms with Gasteiger partial charge < -0.3 is 56.3 Å². The number of esters is 1. The second kappa shape index (κ2) is 26.4. The predicted molar refractivity (Wildman–Crippen MR) is 295 cm³/mol. The highest BCUT2D eigenvalue weighted by Crippen LogP contribution is 2.46. The second-order valence-corrected chi connectivity index (χ2v) is 21.1. The van der Waals surface area contributed by atoms with Crippen LogP contribution in [0.5, 0.6) is 0 Å². The van der Waals surface area contributed by atoms with Crippen LogP contribution >= 0.6 is 0 Å². The van der Waals surface area contributed by atoms with Gasteiger partial charge in [0, 0.05) is 74.1 Å². The van der Waals surface area contributed by atoms with Crippen molar-refractivity contribution in [1.82, 2.24) is 51.3 Å². The maximum atomic E-state index is 15.4. The lowest BCUT2D eigenvalue weighted by atomic mass is 9.81. The van der Waals surface area contributed by atoms with Crippen LogP contribution in [0.1, 0.15) is 110 Å². The Kier molecular flexibility index (Phi) is 19.1. The molecule has 4 atom stereocenters. The maximum absolute atomic E-state index is 15.4. The number of nitrogens with zero attached hydrogens (tertiary/aromatic N) is 4. The van der Waals surface area contributed by atoms with Gasteiger partial charge in [0.15, 0.2) is 5.60 Å². The molecule has 0 saturated carbocycles. The number of carbonyl (C=O) groups is 11. The molecular weight excluding hydrogens is 1100 g/mol. The molecular formula is C58H65FN10O15. The van der Waals surface area contributed by atoms with Gasteiger partial charge in [-0.25, -0.2) is 14.2 Å². The van der Waals surface area contributed by atoms with Gasteiger partial charge in [0.1, 0.15) is 24.5 Å². The summed E-state index contributed by atoms with van der Waals surface area (Å²) in [6.45, 7) is 1.43. The molecule has 4 aromatic rings. The number of cyclic esters (lactones) is 1. The van der Waals surface area contributed by atoms with E-state index in [2.05, 4.69) is 31.9 Å². The number of nitrogens with one attached hydrogen (secondary N) is 6. The number of hydrogen-bond donors (Lipinski definition) is 8. The molecule has 4 aliphatic rings. The number of carboxylic acids is 1. The fourth-order valence-electron chi connectivity index (χ4n) is 10.9. The Bertz CT molecular complexity index is 3440. The van der Waals surface area contributed by atoms with Crippen molar-refractivity contribution < 1.29 is 72.1 Å². The van der Waals surface area contributed by atoms with Gasteiger partial charge in [0.25, 0.3) is 17.4 Å². The Morgan fingerprint density at radius 2 is 1.54 bits per heavy atom. The van der Waals surface area contributed by atoms with E-state index in [-0.39, 0.29) is 75.4 Å². The summed E-state index contributed by atoms with van der Waals surface area (Å²) in [4.78, 5) is 161. The first kappa shape index (κ1) is 60.9. The number of halogens is 1. The molecule has 8 N–H and O–H groups in total. The molecule has 84 heavy (non-hydrogen) atoms. The van der Waals surface area contributed by atoms with E-state index in [1.807, 2.05) is 0 Å². The zero-order valence-corrected chi connectivity index (χ0v) is 46.5. The standard InChI is InChI=1S/C58H65FN10O15/c1-4-58(83)36-23-42-53-34(28-69(42)55(80)35(36)30-84-57(58)82)52-38(17-16-33-31(2)37(59)24-39(66-53)51(33)52)63-44(71)15-11-20-60-45(72)26-62-54(79)40(22-32-12-7-5-8-13-32)64-46(73)27-61-47(74)29-67(3)56(81)41(25-50(77)78)65-43(70)14-9-6-10-21-68-48(75)18-19-49(68)76/h5,7-8,12-13,18-19,23-24,38,40-41,83H,4,6,9-11,14-17,20-22,25-30H2,1-3H3,(H,60,72)(H,61,74)(H,62,79)(H,63,71)(H,64,73)(H,65,70)(H,77,78)/t38-,40-,41-,58-/m0/s1. The minimum atomic E-state index is -2.06. The van der Waals surface area contributed by atoms with Crippen molar-refractivity contribution >= 4 is 76.0 Å². The number of aliphatic hydroxyl groups is 1. The Hall–Kier alpha value is -9.20.